The van der Waals surface area contributed by atoms with E-state index < -0.39 is 10.9 Å². The van der Waals surface area contributed by atoms with Crippen molar-refractivity contribution in [3.8, 4) is 11.5 Å². The number of ether oxygens (including phenoxy) is 2. The predicted octanol–water partition coefficient (Wildman–Crippen LogP) is 10.4. The van der Waals surface area contributed by atoms with Crippen molar-refractivity contribution in [1.82, 2.24) is 0 Å². The molecule has 8 aromatic rings. The molecular formula is C40H27O4S4+. The summed E-state index contributed by atoms with van der Waals surface area (Å²) < 4.78 is 15.6. The number of hydrogen-bond acceptors (Lipinski definition) is 7. The second-order valence-corrected chi connectivity index (χ2v) is 16.4. The Bertz CT molecular complexity index is 2640. The second-order valence-electron chi connectivity index (χ2n) is 11.1. The van der Waals surface area contributed by atoms with E-state index in [0.29, 0.717) is 5.39 Å². The monoisotopic (exact) mass is 699 g/mol. The van der Waals surface area contributed by atoms with E-state index in [1.165, 1.54) is 0 Å². The first kappa shape index (κ1) is 30.7. The first-order valence-corrected chi connectivity index (χ1v) is 18.8. The quantitative estimate of drug-likeness (QED) is 0.122. The number of rotatable bonds is 7. The van der Waals surface area contributed by atoms with Crippen LogP contribution in [0.15, 0.2) is 161 Å². The van der Waals surface area contributed by atoms with Crippen molar-refractivity contribution in [1.29, 1.82) is 0 Å². The fourth-order valence-electron chi connectivity index (χ4n) is 5.89. The van der Waals surface area contributed by atoms with Crippen molar-refractivity contribution >= 4 is 85.7 Å². The zero-order valence-electron chi connectivity index (χ0n) is 25.9. The molecule has 8 heteroatoms. The fourth-order valence-corrected chi connectivity index (χ4v) is 11.1. The molecular weight excluding hydrogens is 673 g/mol. The summed E-state index contributed by atoms with van der Waals surface area (Å²) in [5.74, 6) is 1.51. The minimum atomic E-state index is -0.614. The van der Waals surface area contributed by atoms with Crippen LogP contribution in [0.5, 0.6) is 11.5 Å². The first-order chi connectivity index (χ1) is 23.5. The lowest BCUT2D eigenvalue weighted by Gasteiger charge is -2.14. The molecule has 4 nitrogen and oxygen atoms in total. The topological polar surface area (TPSA) is 52.6 Å². The van der Waals surface area contributed by atoms with Gasteiger partial charge in [0.05, 0.1) is 14.2 Å². The maximum atomic E-state index is 13.7. The summed E-state index contributed by atoms with van der Waals surface area (Å²) in [6.45, 7) is 0. The predicted molar refractivity (Wildman–Crippen MR) is 203 cm³/mol. The van der Waals surface area contributed by atoms with Gasteiger partial charge in [0.25, 0.3) is 0 Å². The molecule has 0 N–H and O–H groups in total. The van der Waals surface area contributed by atoms with E-state index in [0.717, 1.165) is 70.9 Å². The summed E-state index contributed by atoms with van der Waals surface area (Å²) in [5, 5.41) is 2.93. The largest absolute Gasteiger partial charge is 0.497 e. The lowest BCUT2D eigenvalue weighted by Crippen LogP contribution is -2.09. The van der Waals surface area contributed by atoms with Crippen LogP contribution >= 0.6 is 34.4 Å². The van der Waals surface area contributed by atoms with Gasteiger partial charge in [-0.25, -0.2) is 0 Å². The molecule has 0 spiro atoms. The van der Waals surface area contributed by atoms with E-state index in [9.17, 15) is 9.59 Å². The molecule has 0 aliphatic heterocycles. The molecule has 0 fully saturated rings. The second kappa shape index (κ2) is 12.8. The van der Waals surface area contributed by atoms with E-state index >= 15 is 0 Å². The summed E-state index contributed by atoms with van der Waals surface area (Å²) in [6, 6.07) is 42.2. The van der Waals surface area contributed by atoms with Gasteiger partial charge < -0.3 is 9.47 Å². The van der Waals surface area contributed by atoms with Gasteiger partial charge in [-0.2, -0.15) is 0 Å². The first-order valence-electron chi connectivity index (χ1n) is 15.2. The van der Waals surface area contributed by atoms with Gasteiger partial charge in [-0.1, -0.05) is 42.1 Å². The van der Waals surface area contributed by atoms with Crippen molar-refractivity contribution in [2.45, 2.75) is 24.5 Å². The van der Waals surface area contributed by atoms with Crippen molar-refractivity contribution < 1.29 is 9.47 Å². The van der Waals surface area contributed by atoms with Gasteiger partial charge in [0.15, 0.2) is 26.4 Å². The molecule has 1 unspecified atom stereocenters. The maximum Gasteiger partial charge on any atom is 0.208 e. The minimum absolute atomic E-state index is 0.0412. The Balaban J connectivity index is 1.23. The summed E-state index contributed by atoms with van der Waals surface area (Å²) in [7, 11) is 2.75. The molecule has 48 heavy (non-hydrogen) atoms. The highest BCUT2D eigenvalue weighted by Gasteiger charge is 2.33. The van der Waals surface area contributed by atoms with Gasteiger partial charge in [-0.05, 0) is 84.9 Å². The van der Waals surface area contributed by atoms with Crippen molar-refractivity contribution in [3.63, 3.8) is 0 Å². The van der Waals surface area contributed by atoms with Crippen LogP contribution < -0.4 is 20.3 Å². The summed E-state index contributed by atoms with van der Waals surface area (Å²) >= 11 is 4.87. The van der Waals surface area contributed by atoms with Crippen LogP contribution in [-0.4, -0.2) is 14.2 Å². The van der Waals surface area contributed by atoms with Crippen LogP contribution in [0.1, 0.15) is 0 Å². The summed E-state index contributed by atoms with van der Waals surface area (Å²) in [6.07, 6.45) is 0. The van der Waals surface area contributed by atoms with Gasteiger partial charge >= 0.3 is 0 Å². The normalized spacial score (nSPS) is 12.1. The van der Waals surface area contributed by atoms with Gasteiger partial charge in [-0.15, -0.1) is 22.7 Å². The Morgan fingerprint density at radius 3 is 1.79 bits per heavy atom. The molecule has 0 aliphatic rings. The average molecular weight is 700 g/mol. The third kappa shape index (κ3) is 5.54. The Morgan fingerprint density at radius 2 is 1.10 bits per heavy atom. The summed E-state index contributed by atoms with van der Waals surface area (Å²) in [4.78, 5) is 32.1. The Hall–Kier alpha value is -4.60. The van der Waals surface area contributed by atoms with Crippen LogP contribution in [0.4, 0.5) is 0 Å². The number of hydrogen-bond donors (Lipinski definition) is 0. The van der Waals surface area contributed by atoms with E-state index in [2.05, 4.69) is 48.5 Å². The highest BCUT2D eigenvalue weighted by Crippen LogP contribution is 2.42. The third-order valence-corrected chi connectivity index (χ3v) is 13.7. The molecule has 2 heterocycles. The van der Waals surface area contributed by atoms with E-state index in [4.69, 9.17) is 9.47 Å². The van der Waals surface area contributed by atoms with Crippen LogP contribution in [0.2, 0.25) is 0 Å². The molecule has 1 atom stereocenters. The van der Waals surface area contributed by atoms with Gasteiger partial charge in [0.2, 0.25) is 4.90 Å². The molecule has 0 saturated carbocycles. The van der Waals surface area contributed by atoms with Crippen LogP contribution in [0.3, 0.4) is 0 Å². The molecule has 6 aromatic carbocycles. The van der Waals surface area contributed by atoms with E-state index in [1.807, 2.05) is 78.9 Å². The Morgan fingerprint density at radius 1 is 0.521 bits per heavy atom. The lowest BCUT2D eigenvalue weighted by molar-refractivity contribution is 0.403. The molecule has 234 valence electrons. The van der Waals surface area contributed by atoms with Crippen molar-refractivity contribution in [3.05, 3.63) is 148 Å². The van der Waals surface area contributed by atoms with Crippen LogP contribution in [0.25, 0.3) is 40.3 Å². The zero-order valence-corrected chi connectivity index (χ0v) is 29.2. The van der Waals surface area contributed by atoms with Gasteiger partial charge in [-0.3, -0.25) is 9.59 Å². The molecule has 0 amide bonds. The SMILES string of the molecule is COc1cccc([S+](c2ccc3sc4ccccc4c(=O)c3c2)c2ccc(Sc3ccc4sc5ccccc5c(=O)c4c3)cc2OC)c1. The Kier molecular flexibility index (Phi) is 8.18. The molecule has 0 aliphatic carbocycles. The minimum Gasteiger partial charge on any atom is -0.497 e. The lowest BCUT2D eigenvalue weighted by atomic mass is 10.2. The standard InChI is InChI=1S/C40H27O4S4/c1-43-24-8-7-9-27(20-24)48(28-16-18-37-32(23-28)40(42)30-11-4-6-13-35(30)47-37)38-19-15-26(22-33(38)44-2)45-25-14-17-36-31(21-25)39(41)29-10-3-5-12-34(29)46-36/h3-23H,1-2H3/q+1. The highest BCUT2D eigenvalue weighted by molar-refractivity contribution is 7.99. The van der Waals surface area contributed by atoms with Gasteiger partial charge in [0.1, 0.15) is 16.6 Å². The number of fused-ring (bicyclic) bond motifs is 4. The smallest absolute Gasteiger partial charge is 0.208 e. The molecule has 8 rings (SSSR count). The zero-order chi connectivity index (χ0) is 32.8. The van der Waals surface area contributed by atoms with Crippen molar-refractivity contribution in [2.24, 2.45) is 0 Å². The van der Waals surface area contributed by atoms with E-state index in [-0.39, 0.29) is 10.9 Å². The third-order valence-electron chi connectivity index (χ3n) is 8.20. The summed E-state index contributed by atoms with van der Waals surface area (Å²) in [5.41, 5.74) is 0.0991. The molecule has 0 radical (unpaired) electrons. The Labute approximate surface area is 291 Å². The molecule has 0 saturated heterocycles. The van der Waals surface area contributed by atoms with E-state index in [1.54, 1.807) is 48.7 Å². The van der Waals surface area contributed by atoms with Crippen molar-refractivity contribution in [2.75, 3.05) is 14.2 Å². The fraction of sp³-hybridized carbons (Fsp3) is 0.0500. The molecule has 0 bridgehead atoms. The number of methoxy groups -OCH3 is 2. The van der Waals surface area contributed by atoms with Gasteiger partial charge in [0, 0.05) is 62.3 Å². The maximum absolute atomic E-state index is 13.7. The molecule has 2 aromatic heterocycles. The number of benzene rings is 6. The highest BCUT2D eigenvalue weighted by atomic mass is 32.2. The average Bonchev–Trinajstić information content (AvgIpc) is 3.13. The van der Waals surface area contributed by atoms with Crippen LogP contribution in [-0.2, 0) is 10.9 Å². The van der Waals surface area contributed by atoms with Crippen LogP contribution in [0, 0.1) is 0 Å².